The van der Waals surface area contributed by atoms with Crippen molar-refractivity contribution in [2.45, 2.75) is 31.8 Å². The second-order valence-corrected chi connectivity index (χ2v) is 7.73. The summed E-state index contributed by atoms with van der Waals surface area (Å²) in [4.78, 5) is 30.1. The Hall–Kier alpha value is -3.09. The lowest BCUT2D eigenvalue weighted by Gasteiger charge is -2.32. The third-order valence-corrected chi connectivity index (χ3v) is 5.72. The predicted octanol–water partition coefficient (Wildman–Crippen LogP) is 2.53. The minimum Gasteiger partial charge on any atom is -0.493 e. The lowest BCUT2D eigenvalue weighted by atomic mass is 9.97. The van der Waals surface area contributed by atoms with Crippen LogP contribution in [0.15, 0.2) is 42.6 Å². The van der Waals surface area contributed by atoms with E-state index < -0.39 is 0 Å². The third-order valence-electron chi connectivity index (χ3n) is 5.72. The number of rotatable bonds is 4. The van der Waals surface area contributed by atoms with E-state index in [-0.39, 0.29) is 24.0 Å². The van der Waals surface area contributed by atoms with Crippen molar-refractivity contribution in [1.29, 1.82) is 0 Å². The Labute approximate surface area is 169 Å². The Morgan fingerprint density at radius 2 is 1.79 bits per heavy atom. The van der Waals surface area contributed by atoms with Gasteiger partial charge in [-0.15, -0.1) is 0 Å². The molecule has 152 valence electrons. The molecule has 1 aliphatic carbocycles. The molecule has 7 nitrogen and oxygen atoms in total. The van der Waals surface area contributed by atoms with E-state index in [1.165, 1.54) is 29.5 Å². The normalized spacial score (nSPS) is 17.0. The molecule has 0 atom stereocenters. The molecule has 2 N–H and O–H groups in total. The Kier molecular flexibility index (Phi) is 5.64. The van der Waals surface area contributed by atoms with Crippen molar-refractivity contribution >= 4 is 12.0 Å². The van der Waals surface area contributed by atoms with Gasteiger partial charge in [-0.1, -0.05) is 24.3 Å². The van der Waals surface area contributed by atoms with E-state index in [0.717, 1.165) is 25.7 Å². The summed E-state index contributed by atoms with van der Waals surface area (Å²) in [5, 5.41) is 12.1. The van der Waals surface area contributed by atoms with Gasteiger partial charge in [0.05, 0.1) is 5.56 Å². The number of pyridine rings is 1. The number of benzene rings is 1. The zero-order valence-corrected chi connectivity index (χ0v) is 16.2. The summed E-state index contributed by atoms with van der Waals surface area (Å²) in [6, 6.07) is 11.2. The number of piperidine rings is 1. The van der Waals surface area contributed by atoms with Crippen molar-refractivity contribution in [2.75, 3.05) is 19.6 Å². The van der Waals surface area contributed by atoms with Crippen molar-refractivity contribution in [3.05, 3.63) is 59.3 Å². The zero-order chi connectivity index (χ0) is 20.2. The average molecular weight is 395 g/mol. The highest BCUT2D eigenvalue weighted by molar-refractivity contribution is 5.93. The molecule has 2 aliphatic rings. The largest absolute Gasteiger partial charge is 0.493 e. The molecular formula is C22H25N3O4. The van der Waals surface area contributed by atoms with Gasteiger partial charge in [-0.25, -0.2) is 9.78 Å². The summed E-state index contributed by atoms with van der Waals surface area (Å²) in [7, 11) is 0. The third kappa shape index (κ3) is 4.67. The molecule has 4 rings (SSSR count). The number of carbonyl (C=O) groups excluding carboxylic acids is 2. The second kappa shape index (κ2) is 8.51. The number of amides is 2. The van der Waals surface area contributed by atoms with Crippen LogP contribution >= 0.6 is 0 Å². The minimum absolute atomic E-state index is 0.0733. The molecule has 0 bridgehead atoms. The highest BCUT2D eigenvalue weighted by Crippen LogP contribution is 2.25. The van der Waals surface area contributed by atoms with E-state index in [1.807, 2.05) is 12.1 Å². The number of likely N-dealkylation sites (tertiary alicyclic amines) is 1. The van der Waals surface area contributed by atoms with Crippen LogP contribution in [0.1, 0.15) is 34.3 Å². The van der Waals surface area contributed by atoms with Gasteiger partial charge in [0.25, 0.3) is 5.91 Å². The number of carbonyl (C=O) groups is 2. The number of hydrogen-bond donors (Lipinski definition) is 2. The van der Waals surface area contributed by atoms with Crippen LogP contribution in [0.25, 0.3) is 0 Å². The van der Waals surface area contributed by atoms with Crippen LogP contribution in [0.3, 0.4) is 0 Å². The van der Waals surface area contributed by atoms with Gasteiger partial charge in [0, 0.05) is 44.7 Å². The molecule has 2 amide bonds. The van der Waals surface area contributed by atoms with Crippen molar-refractivity contribution in [2.24, 2.45) is 5.92 Å². The number of hydrogen-bond acceptors (Lipinski definition) is 5. The molecule has 1 aliphatic heterocycles. The summed E-state index contributed by atoms with van der Waals surface area (Å²) in [6.45, 7) is 1.83. The maximum Gasteiger partial charge on any atom is 0.410 e. The highest BCUT2D eigenvalue weighted by atomic mass is 16.6. The molecule has 2 heterocycles. The van der Waals surface area contributed by atoms with Crippen LogP contribution in [0.4, 0.5) is 4.79 Å². The number of fused-ring (bicyclic) bond motifs is 1. The lowest BCUT2D eigenvalue weighted by molar-refractivity contribution is 0.0560. The molecule has 7 heteroatoms. The second-order valence-electron chi connectivity index (χ2n) is 7.73. The topological polar surface area (TPSA) is 91.8 Å². The van der Waals surface area contributed by atoms with Crippen LogP contribution in [0.5, 0.6) is 5.88 Å². The first kappa shape index (κ1) is 19.2. The van der Waals surface area contributed by atoms with Crippen molar-refractivity contribution < 1.29 is 19.4 Å². The van der Waals surface area contributed by atoms with Gasteiger partial charge < -0.3 is 20.1 Å². The molecular weight excluding hydrogens is 370 g/mol. The smallest absolute Gasteiger partial charge is 0.410 e. The average Bonchev–Trinajstić information content (AvgIpc) is 3.15. The van der Waals surface area contributed by atoms with Gasteiger partial charge in [0.15, 0.2) is 0 Å². The maximum atomic E-state index is 12.5. The first-order valence-electron chi connectivity index (χ1n) is 10.0. The Morgan fingerprint density at radius 3 is 2.41 bits per heavy atom. The molecule has 0 spiro atoms. The predicted molar refractivity (Wildman–Crippen MR) is 107 cm³/mol. The van der Waals surface area contributed by atoms with E-state index >= 15 is 0 Å². The van der Waals surface area contributed by atoms with Gasteiger partial charge in [0.2, 0.25) is 5.88 Å². The quantitative estimate of drug-likeness (QED) is 0.830. The van der Waals surface area contributed by atoms with Crippen LogP contribution < -0.4 is 5.32 Å². The van der Waals surface area contributed by atoms with Crippen molar-refractivity contribution in [3.63, 3.8) is 0 Å². The fourth-order valence-corrected chi connectivity index (χ4v) is 4.00. The van der Waals surface area contributed by atoms with Crippen LogP contribution in [-0.2, 0) is 17.6 Å². The fourth-order valence-electron chi connectivity index (χ4n) is 4.00. The molecule has 0 unspecified atom stereocenters. The zero-order valence-electron chi connectivity index (χ0n) is 16.2. The number of ether oxygens (including phenoxy) is 1. The molecule has 1 aromatic heterocycles. The van der Waals surface area contributed by atoms with Crippen LogP contribution in [0, 0.1) is 5.92 Å². The Morgan fingerprint density at radius 1 is 1.10 bits per heavy atom. The number of aromatic hydroxyl groups is 1. The number of nitrogens with one attached hydrogen (secondary N) is 1. The van der Waals surface area contributed by atoms with E-state index in [0.29, 0.717) is 31.1 Å². The first-order valence-corrected chi connectivity index (χ1v) is 10.0. The highest BCUT2D eigenvalue weighted by Gasteiger charge is 2.29. The van der Waals surface area contributed by atoms with Crippen molar-refractivity contribution in [1.82, 2.24) is 15.2 Å². The molecule has 2 aromatic rings. The van der Waals surface area contributed by atoms with Gasteiger partial charge in [-0.3, -0.25) is 4.79 Å². The van der Waals surface area contributed by atoms with E-state index in [4.69, 9.17) is 4.74 Å². The Bertz CT molecular complexity index is 851. The van der Waals surface area contributed by atoms with E-state index in [2.05, 4.69) is 22.4 Å². The van der Waals surface area contributed by atoms with E-state index in [9.17, 15) is 14.7 Å². The Balaban J connectivity index is 1.19. The van der Waals surface area contributed by atoms with Crippen LogP contribution in [0.2, 0.25) is 0 Å². The first-order chi connectivity index (χ1) is 14.1. The summed E-state index contributed by atoms with van der Waals surface area (Å²) in [5.74, 6) is 0.00578. The van der Waals surface area contributed by atoms with Gasteiger partial charge in [-0.05, 0) is 36.0 Å². The molecule has 29 heavy (non-hydrogen) atoms. The van der Waals surface area contributed by atoms with E-state index in [1.54, 1.807) is 4.90 Å². The molecule has 1 saturated heterocycles. The minimum atomic E-state index is -0.236. The summed E-state index contributed by atoms with van der Waals surface area (Å²) in [6.07, 6.45) is 4.27. The van der Waals surface area contributed by atoms with Gasteiger partial charge >= 0.3 is 6.09 Å². The maximum absolute atomic E-state index is 12.5. The summed E-state index contributed by atoms with van der Waals surface area (Å²) in [5.41, 5.74) is 2.95. The fraction of sp³-hybridized carbons (Fsp3) is 0.409. The van der Waals surface area contributed by atoms with Crippen molar-refractivity contribution in [3.8, 4) is 5.88 Å². The molecule has 1 aromatic carbocycles. The number of aromatic nitrogens is 1. The summed E-state index contributed by atoms with van der Waals surface area (Å²) >= 11 is 0. The van der Waals surface area contributed by atoms with Crippen LogP contribution in [-0.4, -0.2) is 52.7 Å². The monoisotopic (exact) mass is 395 g/mol. The summed E-state index contributed by atoms with van der Waals surface area (Å²) < 4.78 is 5.72. The lowest BCUT2D eigenvalue weighted by Crippen LogP contribution is -2.42. The molecule has 0 saturated carbocycles. The van der Waals surface area contributed by atoms with Gasteiger partial charge in [0.1, 0.15) is 6.10 Å². The standard InChI is InChI=1S/C22H25N3O4/c26-20-6-5-18(14-23-20)21(27)24-13-15-7-9-25(10-8-15)22(28)29-19-11-16-3-1-2-4-17(16)12-19/h1-6,14-15,19H,7-13H2,(H,23,26)(H,24,27). The molecule has 1 fully saturated rings. The molecule has 0 radical (unpaired) electrons. The SMILES string of the molecule is O=C(NCC1CCN(C(=O)OC2Cc3ccccc3C2)CC1)c1ccc(O)nc1. The number of nitrogens with zero attached hydrogens (tertiary/aromatic N) is 2. The van der Waals surface area contributed by atoms with Gasteiger partial charge in [-0.2, -0.15) is 0 Å².